The molecule has 0 saturated carbocycles. The maximum atomic E-state index is 8.72. The van der Waals surface area contributed by atoms with Crippen LogP contribution in [0.5, 0.6) is 0 Å². The van der Waals surface area contributed by atoms with Crippen LogP contribution in [-0.4, -0.2) is 73.2 Å². The molecule has 10 nitrogen and oxygen atoms in total. The molecule has 14 heteroatoms. The van der Waals surface area contributed by atoms with Crippen molar-refractivity contribution < 1.29 is 33.4 Å². The van der Waals surface area contributed by atoms with Gasteiger partial charge < -0.3 is 46.2 Å². The highest BCUT2D eigenvalue weighted by atomic mass is 35.5. The second-order valence-corrected chi connectivity index (χ2v) is 33.5. The van der Waals surface area contributed by atoms with Crippen LogP contribution in [0.25, 0.3) is 137 Å². The first kappa shape index (κ1) is 68.1. The van der Waals surface area contributed by atoms with E-state index in [9.17, 15) is 0 Å². The minimum absolute atomic E-state index is 0.0651. The fraction of sp³-hybridized carbons (Fsp3) is 0.204. The van der Waals surface area contributed by atoms with Crippen molar-refractivity contribution >= 4 is 169 Å². The standard InChI is InChI=1S/C28H26BNO2.C27H26BNO2.C24H24BNO2.C19H14ClN/c1-27(2)28(3,4)32-29(31-27)21-14-15-25-24(18-21)23-16-19-10-8-9-11-20(19)17-26(23)30(25)22-12-6-5-7-13-22;1-26(2)27(3,4)31-28(30-26)17-14-15-22-23(16-17)29(5)25-21-13-9-7-11-19(21)18-10-6-8-12-20(18)24(22)25;1-23(2)24(3,4)28-25(27-23)19-14-10-16-21-22(19)18-13-8-9-15-20(18)26(21)17-11-6-5-7-12-17;1-13-7-9-18-16(11-13)17-12-14(20)8-10-19(17)21(18)15-5-3-2-4-6-15/h5-18H,1-4H3;6-16H,1-5H3;5-16H,1-4H3;2-12H,1H3/i;;8D,9D,13D,15D;. The lowest BCUT2D eigenvalue weighted by atomic mass is 9.76. The van der Waals surface area contributed by atoms with Crippen LogP contribution < -0.4 is 16.4 Å². The first-order valence-corrected chi connectivity index (χ1v) is 39.0. The van der Waals surface area contributed by atoms with Crippen LogP contribution in [-0.2, 0) is 35.0 Å². The number of aromatic nitrogens is 4. The molecule has 3 fully saturated rings. The summed E-state index contributed by atoms with van der Waals surface area (Å²) in [4.78, 5) is 0. The summed E-state index contributed by atoms with van der Waals surface area (Å²) in [6, 6.07) is 92.2. The van der Waals surface area contributed by atoms with E-state index in [1.54, 1.807) is 0 Å². The van der Waals surface area contributed by atoms with Gasteiger partial charge in [-0.2, -0.15) is 0 Å². The Balaban J connectivity index is 0.000000108. The van der Waals surface area contributed by atoms with E-state index in [2.05, 4.69) is 289 Å². The fourth-order valence-corrected chi connectivity index (χ4v) is 16.7. The second kappa shape index (κ2) is 27.3. The van der Waals surface area contributed by atoms with E-state index in [1.807, 2.05) is 92.9 Å². The van der Waals surface area contributed by atoms with Gasteiger partial charge in [0.25, 0.3) is 0 Å². The van der Waals surface area contributed by atoms with Gasteiger partial charge in [0.2, 0.25) is 0 Å². The molecule has 0 unspecified atom stereocenters. The molecular formula is C98H90B3ClN4O6. The summed E-state index contributed by atoms with van der Waals surface area (Å²) in [6.45, 7) is 26.9. The third kappa shape index (κ3) is 12.2. The normalized spacial score (nSPS) is 17.2. The molecule has 21 rings (SSSR count). The Hall–Kier alpha value is -10.7. The summed E-state index contributed by atoms with van der Waals surface area (Å²) in [5.41, 5.74) is 13.3. The lowest BCUT2D eigenvalue weighted by Gasteiger charge is -2.32. The summed E-state index contributed by atoms with van der Waals surface area (Å²) in [5, 5.41) is 17.1. The van der Waals surface area contributed by atoms with E-state index in [0.29, 0.717) is 10.9 Å². The number of para-hydroxylation sites is 4. The van der Waals surface area contributed by atoms with E-state index in [1.165, 1.54) is 109 Å². The van der Waals surface area contributed by atoms with Crippen molar-refractivity contribution in [2.45, 2.75) is 124 Å². The van der Waals surface area contributed by atoms with Gasteiger partial charge in [-0.15, -0.1) is 0 Å². The van der Waals surface area contributed by atoms with Crippen molar-refractivity contribution in [2.24, 2.45) is 7.05 Å². The SMILES string of the molecule is CC1(C)OB(c2ccc3c(c2)c2cc4ccccc4cc2n3-c2ccccc2)OC1(C)C.Cc1ccc2c(c1)c1cc(Cl)ccc1n2-c1ccccc1.Cn1c2cc(B3OC(C)(C)C(C)(C)O3)ccc2c2c3ccccc3c3ccccc3c21.[2H]c1c([2H])c([2H])c2c(c1[2H])c1c(B3OC(C)(C)C(C)(C)O3)cccc1n2-c1ccccc1. The number of hydrogen-bond donors (Lipinski definition) is 0. The third-order valence-corrected chi connectivity index (χ3v) is 24.7. The number of nitrogens with zero attached hydrogens (tertiary/aromatic N) is 4. The Labute approximate surface area is 666 Å². The molecule has 3 aliphatic rings. The van der Waals surface area contributed by atoms with Crippen LogP contribution in [0.4, 0.5) is 0 Å². The van der Waals surface area contributed by atoms with Gasteiger partial charge in [-0.3, -0.25) is 0 Å². The predicted molar refractivity (Wildman–Crippen MR) is 472 cm³/mol. The van der Waals surface area contributed by atoms with Gasteiger partial charge in [0, 0.05) is 83.1 Å². The van der Waals surface area contributed by atoms with Crippen LogP contribution in [0.2, 0.25) is 5.02 Å². The van der Waals surface area contributed by atoms with Gasteiger partial charge in [-0.1, -0.05) is 205 Å². The van der Waals surface area contributed by atoms with Gasteiger partial charge in [0.05, 0.1) is 77.7 Å². The van der Waals surface area contributed by atoms with Crippen LogP contribution in [0.15, 0.2) is 291 Å². The topological polar surface area (TPSA) is 75.1 Å². The molecule has 0 atom stereocenters. The molecule has 0 radical (unpaired) electrons. The highest BCUT2D eigenvalue weighted by Gasteiger charge is 2.54. The highest BCUT2D eigenvalue weighted by Crippen LogP contribution is 2.45. The molecule has 3 saturated heterocycles. The number of aryl methyl sites for hydroxylation is 2. The van der Waals surface area contributed by atoms with E-state index in [4.69, 9.17) is 45.0 Å². The zero-order valence-electron chi connectivity index (χ0n) is 69.8. The van der Waals surface area contributed by atoms with Crippen LogP contribution in [0, 0.1) is 6.92 Å². The van der Waals surface area contributed by atoms with E-state index >= 15 is 0 Å². The number of rotatable bonds is 6. The van der Waals surface area contributed by atoms with E-state index in [0.717, 1.165) is 43.7 Å². The Bertz CT molecular complexity index is 6890. The maximum Gasteiger partial charge on any atom is 0.495 e. The molecule has 112 heavy (non-hydrogen) atoms. The number of hydrogen-bond acceptors (Lipinski definition) is 6. The molecule has 7 heterocycles. The molecule has 0 spiro atoms. The van der Waals surface area contributed by atoms with Gasteiger partial charge >= 0.3 is 21.4 Å². The second-order valence-electron chi connectivity index (χ2n) is 33.1. The summed E-state index contributed by atoms with van der Waals surface area (Å²) in [7, 11) is 0.776. The monoisotopic (exact) mass is 1490 g/mol. The Morgan fingerprint density at radius 1 is 0.304 bits per heavy atom. The van der Waals surface area contributed by atoms with Crippen LogP contribution >= 0.6 is 11.6 Å². The molecule has 14 aromatic carbocycles. The lowest BCUT2D eigenvalue weighted by molar-refractivity contribution is 0.00578. The minimum Gasteiger partial charge on any atom is -0.399 e. The Kier molecular flexibility index (Phi) is 16.6. The zero-order valence-corrected chi connectivity index (χ0v) is 66.5. The molecule has 0 amide bonds. The Morgan fingerprint density at radius 3 is 1.31 bits per heavy atom. The smallest absolute Gasteiger partial charge is 0.399 e. The van der Waals surface area contributed by atoms with Gasteiger partial charge in [0.1, 0.15) is 0 Å². The third-order valence-electron chi connectivity index (χ3n) is 24.5. The maximum absolute atomic E-state index is 8.72. The molecular weight excluding hydrogens is 1400 g/mol. The number of fused-ring (bicyclic) bond motifs is 18. The molecule has 0 aliphatic carbocycles. The minimum atomic E-state index is -0.656. The van der Waals surface area contributed by atoms with Gasteiger partial charge in [-0.25, -0.2) is 0 Å². The summed E-state index contributed by atoms with van der Waals surface area (Å²) < 4.78 is 80.8. The Morgan fingerprint density at radius 2 is 0.732 bits per heavy atom. The fourth-order valence-electron chi connectivity index (χ4n) is 16.5. The summed E-state index contributed by atoms with van der Waals surface area (Å²) in [6.07, 6.45) is 0. The summed E-state index contributed by atoms with van der Waals surface area (Å²) >= 11 is 6.20. The first-order chi connectivity index (χ1) is 55.4. The van der Waals surface area contributed by atoms with Crippen molar-refractivity contribution in [3.05, 3.63) is 302 Å². The van der Waals surface area contributed by atoms with Crippen LogP contribution in [0.1, 0.15) is 94.1 Å². The quantitative estimate of drug-likeness (QED) is 0.122. The van der Waals surface area contributed by atoms with E-state index in [-0.39, 0.29) is 60.8 Å². The van der Waals surface area contributed by atoms with E-state index < -0.39 is 18.3 Å². The predicted octanol–water partition coefficient (Wildman–Crippen LogP) is 23.0. The molecule has 0 bridgehead atoms. The lowest BCUT2D eigenvalue weighted by Crippen LogP contribution is -2.41. The van der Waals surface area contributed by atoms with Crippen molar-refractivity contribution in [1.82, 2.24) is 18.3 Å². The average Bonchev–Trinajstić information content (AvgIpc) is 1.54. The molecule has 18 aromatic rings. The number of benzene rings is 14. The molecule has 3 aliphatic heterocycles. The van der Waals surface area contributed by atoms with Crippen molar-refractivity contribution in [1.29, 1.82) is 0 Å². The van der Waals surface area contributed by atoms with Crippen molar-refractivity contribution in [2.75, 3.05) is 0 Å². The average molecular weight is 1490 g/mol. The van der Waals surface area contributed by atoms with Gasteiger partial charge in [0.15, 0.2) is 0 Å². The molecule has 0 N–H and O–H groups in total. The molecule has 4 aromatic heterocycles. The van der Waals surface area contributed by atoms with Crippen LogP contribution in [0.3, 0.4) is 0 Å². The number of halogens is 1. The molecule has 554 valence electrons. The van der Waals surface area contributed by atoms with Crippen molar-refractivity contribution in [3.8, 4) is 17.1 Å². The largest absolute Gasteiger partial charge is 0.495 e. The van der Waals surface area contributed by atoms with Crippen molar-refractivity contribution in [3.63, 3.8) is 0 Å². The zero-order chi connectivity index (χ0) is 81.0. The summed E-state index contributed by atoms with van der Waals surface area (Å²) in [5.74, 6) is 0. The highest BCUT2D eigenvalue weighted by molar-refractivity contribution is 6.66. The first-order valence-electron chi connectivity index (χ1n) is 40.7. The van der Waals surface area contributed by atoms with Gasteiger partial charge in [-0.05, 0) is 236 Å².